The van der Waals surface area contributed by atoms with Gasteiger partial charge in [-0.1, -0.05) is 25.1 Å². The number of rotatable bonds is 3. The molecule has 0 aliphatic heterocycles. The second-order valence-electron chi connectivity index (χ2n) is 3.92. The number of aromatic hydroxyl groups is 1. The fraction of sp³-hybridized carbons (Fsp3) is 0.143. The van der Waals surface area contributed by atoms with Crippen molar-refractivity contribution in [3.63, 3.8) is 0 Å². The Kier molecular flexibility index (Phi) is 3.66. The van der Waals surface area contributed by atoms with Crippen LogP contribution in [0.4, 0.5) is 0 Å². The van der Waals surface area contributed by atoms with Crippen molar-refractivity contribution in [2.75, 3.05) is 0 Å². The van der Waals surface area contributed by atoms with Gasteiger partial charge in [-0.25, -0.2) is 4.79 Å². The molecule has 1 aromatic heterocycles. The first-order valence-corrected chi connectivity index (χ1v) is 5.84. The highest BCUT2D eigenvalue weighted by Crippen LogP contribution is 2.20. The third kappa shape index (κ3) is 2.65. The molecule has 0 fully saturated rings. The van der Waals surface area contributed by atoms with Crippen molar-refractivity contribution in [3.8, 4) is 11.5 Å². The van der Waals surface area contributed by atoms with Crippen molar-refractivity contribution in [2.24, 2.45) is 0 Å². The Hall–Kier alpha value is -2.56. The fourth-order valence-electron chi connectivity index (χ4n) is 1.67. The van der Waals surface area contributed by atoms with Gasteiger partial charge < -0.3 is 14.8 Å². The predicted octanol–water partition coefficient (Wildman–Crippen LogP) is 1.86. The number of para-hydroxylation sites is 1. The molecular weight excluding hydrogens is 246 g/mol. The largest absolute Gasteiger partial charge is 0.506 e. The summed E-state index contributed by atoms with van der Waals surface area (Å²) in [7, 11) is 0. The van der Waals surface area contributed by atoms with Crippen molar-refractivity contribution < 1.29 is 14.6 Å². The molecule has 1 aromatic carbocycles. The molecule has 2 rings (SSSR count). The van der Waals surface area contributed by atoms with E-state index >= 15 is 0 Å². The lowest BCUT2D eigenvalue weighted by Gasteiger charge is -2.07. The van der Waals surface area contributed by atoms with E-state index in [0.717, 1.165) is 0 Å². The van der Waals surface area contributed by atoms with Gasteiger partial charge in [0, 0.05) is 11.8 Å². The number of nitrogens with one attached hydrogen (secondary N) is 1. The number of aromatic amines is 1. The quantitative estimate of drug-likeness (QED) is 0.651. The maximum atomic E-state index is 11.9. The molecule has 0 amide bonds. The summed E-state index contributed by atoms with van der Waals surface area (Å²) >= 11 is 0. The number of H-pyrrole nitrogens is 1. The van der Waals surface area contributed by atoms with Crippen LogP contribution in [0.5, 0.6) is 11.5 Å². The van der Waals surface area contributed by atoms with E-state index < -0.39 is 11.5 Å². The zero-order chi connectivity index (χ0) is 13.8. The van der Waals surface area contributed by atoms with E-state index in [2.05, 4.69) is 4.98 Å². The first kappa shape index (κ1) is 12.9. The summed E-state index contributed by atoms with van der Waals surface area (Å²) < 4.78 is 5.04. The molecular formula is C14H13NO4. The monoisotopic (exact) mass is 259 g/mol. The first-order valence-electron chi connectivity index (χ1n) is 5.84. The van der Waals surface area contributed by atoms with Gasteiger partial charge in [-0.05, 0) is 18.6 Å². The van der Waals surface area contributed by atoms with E-state index in [9.17, 15) is 14.7 Å². The molecule has 0 saturated carbocycles. The smallest absolute Gasteiger partial charge is 0.353 e. The summed E-state index contributed by atoms with van der Waals surface area (Å²) in [6.07, 6.45) is 1.88. The van der Waals surface area contributed by atoms with E-state index in [4.69, 9.17) is 4.74 Å². The Morgan fingerprint density at radius 3 is 2.63 bits per heavy atom. The predicted molar refractivity (Wildman–Crippen MR) is 69.5 cm³/mol. The molecule has 0 aliphatic rings. The summed E-state index contributed by atoms with van der Waals surface area (Å²) in [4.78, 5) is 26.0. The molecule has 0 aliphatic carbocycles. The standard InChI is InChI=1S/C14H13NO4/c1-2-9-8-15-13(17)11(12(9)16)14(18)19-10-6-4-3-5-7-10/h3-8H,2H2,1H3,(H2,15,16,17). The van der Waals surface area contributed by atoms with Crippen LogP contribution < -0.4 is 10.3 Å². The highest BCUT2D eigenvalue weighted by Gasteiger charge is 2.20. The van der Waals surface area contributed by atoms with Crippen molar-refractivity contribution in [2.45, 2.75) is 13.3 Å². The molecule has 1 heterocycles. The topological polar surface area (TPSA) is 79.4 Å². The van der Waals surface area contributed by atoms with E-state index in [0.29, 0.717) is 17.7 Å². The molecule has 0 bridgehead atoms. The van der Waals surface area contributed by atoms with Crippen LogP contribution in [-0.2, 0) is 6.42 Å². The maximum Gasteiger partial charge on any atom is 0.353 e. The summed E-state index contributed by atoms with van der Waals surface area (Å²) in [5, 5.41) is 9.90. The molecule has 19 heavy (non-hydrogen) atoms. The van der Waals surface area contributed by atoms with Crippen LogP contribution in [-0.4, -0.2) is 16.1 Å². The Labute approximate surface area is 109 Å². The molecule has 5 heteroatoms. The number of pyridine rings is 1. The number of benzene rings is 1. The van der Waals surface area contributed by atoms with Gasteiger partial charge in [0.1, 0.15) is 11.5 Å². The van der Waals surface area contributed by atoms with Gasteiger partial charge in [-0.15, -0.1) is 0 Å². The van der Waals surface area contributed by atoms with Crippen LogP contribution in [0.3, 0.4) is 0 Å². The van der Waals surface area contributed by atoms with Gasteiger partial charge in [0.15, 0.2) is 5.56 Å². The minimum atomic E-state index is -0.875. The number of aromatic nitrogens is 1. The number of carbonyl (C=O) groups is 1. The number of hydrogen-bond acceptors (Lipinski definition) is 4. The van der Waals surface area contributed by atoms with Crippen LogP contribution >= 0.6 is 0 Å². The maximum absolute atomic E-state index is 11.9. The molecule has 0 unspecified atom stereocenters. The van der Waals surface area contributed by atoms with Gasteiger partial charge in [-0.2, -0.15) is 0 Å². The molecule has 0 spiro atoms. The Morgan fingerprint density at radius 2 is 2.00 bits per heavy atom. The van der Waals surface area contributed by atoms with Crippen molar-refractivity contribution in [1.29, 1.82) is 0 Å². The highest BCUT2D eigenvalue weighted by atomic mass is 16.5. The molecule has 2 N–H and O–H groups in total. The number of carbonyl (C=O) groups excluding carboxylic acids is 1. The Bertz CT molecular complexity index is 646. The lowest BCUT2D eigenvalue weighted by molar-refractivity contribution is 0.0729. The number of esters is 1. The number of hydrogen-bond donors (Lipinski definition) is 2. The molecule has 98 valence electrons. The molecule has 2 aromatic rings. The Balaban J connectivity index is 2.37. The van der Waals surface area contributed by atoms with Crippen molar-refractivity contribution in [1.82, 2.24) is 4.98 Å². The second-order valence-corrected chi connectivity index (χ2v) is 3.92. The van der Waals surface area contributed by atoms with Crippen LogP contribution in [0.1, 0.15) is 22.8 Å². The number of ether oxygens (including phenoxy) is 1. The second kappa shape index (κ2) is 5.39. The lowest BCUT2D eigenvalue weighted by atomic mass is 10.1. The van der Waals surface area contributed by atoms with Crippen LogP contribution in [0.15, 0.2) is 41.3 Å². The van der Waals surface area contributed by atoms with Crippen molar-refractivity contribution in [3.05, 3.63) is 58.0 Å². The van der Waals surface area contributed by atoms with E-state index in [-0.39, 0.29) is 11.3 Å². The van der Waals surface area contributed by atoms with Crippen LogP contribution in [0.2, 0.25) is 0 Å². The summed E-state index contributed by atoms with van der Waals surface area (Å²) in [6, 6.07) is 8.36. The van der Waals surface area contributed by atoms with E-state index in [1.165, 1.54) is 6.20 Å². The number of aryl methyl sites for hydroxylation is 1. The molecule has 5 nitrogen and oxygen atoms in total. The highest BCUT2D eigenvalue weighted by molar-refractivity contribution is 5.93. The fourth-order valence-corrected chi connectivity index (χ4v) is 1.67. The van der Waals surface area contributed by atoms with Crippen LogP contribution in [0, 0.1) is 0 Å². The SMILES string of the molecule is CCc1c[nH]c(=O)c(C(=O)Oc2ccccc2)c1O. The zero-order valence-electron chi connectivity index (χ0n) is 10.3. The summed E-state index contributed by atoms with van der Waals surface area (Å²) in [5.74, 6) is -0.888. The summed E-state index contributed by atoms with van der Waals surface area (Å²) in [6.45, 7) is 1.81. The van der Waals surface area contributed by atoms with Gasteiger partial charge in [0.25, 0.3) is 5.56 Å². The average molecular weight is 259 g/mol. The van der Waals surface area contributed by atoms with E-state index in [1.54, 1.807) is 37.3 Å². The minimum absolute atomic E-state index is 0.313. The third-order valence-corrected chi connectivity index (χ3v) is 2.68. The molecule has 0 atom stereocenters. The van der Waals surface area contributed by atoms with Gasteiger partial charge >= 0.3 is 5.97 Å². The third-order valence-electron chi connectivity index (χ3n) is 2.68. The normalized spacial score (nSPS) is 10.2. The van der Waals surface area contributed by atoms with Gasteiger partial charge in [-0.3, -0.25) is 4.79 Å². The minimum Gasteiger partial charge on any atom is -0.506 e. The molecule has 0 radical (unpaired) electrons. The first-order chi connectivity index (χ1) is 9.13. The zero-order valence-corrected chi connectivity index (χ0v) is 10.3. The molecule has 0 saturated heterocycles. The summed E-state index contributed by atoms with van der Waals surface area (Å²) in [5.41, 5.74) is -0.557. The lowest BCUT2D eigenvalue weighted by Crippen LogP contribution is -2.22. The van der Waals surface area contributed by atoms with Gasteiger partial charge in [0.2, 0.25) is 0 Å². The van der Waals surface area contributed by atoms with Crippen molar-refractivity contribution >= 4 is 5.97 Å². The Morgan fingerprint density at radius 1 is 1.32 bits per heavy atom. The van der Waals surface area contributed by atoms with Gasteiger partial charge in [0.05, 0.1) is 0 Å². The average Bonchev–Trinajstić information content (AvgIpc) is 2.40. The van der Waals surface area contributed by atoms with E-state index in [1.807, 2.05) is 0 Å². The van der Waals surface area contributed by atoms with Crippen LogP contribution in [0.25, 0.3) is 0 Å².